The SMILES string of the molecule is Cc1ccc(C[N+](C)(C)CCNc2ccccc2)cc1. The van der Waals surface area contributed by atoms with Crippen molar-refractivity contribution in [1.82, 2.24) is 0 Å². The molecule has 1 N–H and O–H groups in total. The van der Waals surface area contributed by atoms with Gasteiger partial charge < -0.3 is 9.80 Å². The van der Waals surface area contributed by atoms with Gasteiger partial charge >= 0.3 is 0 Å². The van der Waals surface area contributed by atoms with Crippen LogP contribution in [0.5, 0.6) is 0 Å². The molecule has 0 heterocycles. The molecule has 2 heteroatoms. The number of nitrogens with zero attached hydrogens (tertiary/aromatic N) is 1. The third kappa shape index (κ3) is 4.71. The Hall–Kier alpha value is -1.80. The summed E-state index contributed by atoms with van der Waals surface area (Å²) in [5.41, 5.74) is 3.92. The number of rotatable bonds is 6. The fourth-order valence-corrected chi connectivity index (χ4v) is 2.33. The average molecular weight is 269 g/mol. The molecule has 0 fully saturated rings. The second-order valence-electron chi connectivity index (χ2n) is 6.10. The van der Waals surface area contributed by atoms with Crippen LogP contribution in [0.2, 0.25) is 0 Å². The zero-order valence-corrected chi connectivity index (χ0v) is 12.8. The molecule has 0 spiro atoms. The van der Waals surface area contributed by atoms with E-state index >= 15 is 0 Å². The third-order valence-corrected chi connectivity index (χ3v) is 3.55. The van der Waals surface area contributed by atoms with Gasteiger partial charge in [0.05, 0.1) is 27.2 Å². The molecule has 0 radical (unpaired) electrons. The summed E-state index contributed by atoms with van der Waals surface area (Å²) in [7, 11) is 4.57. The van der Waals surface area contributed by atoms with Crippen LogP contribution in [0.15, 0.2) is 54.6 Å². The van der Waals surface area contributed by atoms with Gasteiger partial charge in [-0.25, -0.2) is 0 Å². The lowest BCUT2D eigenvalue weighted by Crippen LogP contribution is -2.42. The molecular weight excluding hydrogens is 244 g/mol. The van der Waals surface area contributed by atoms with Gasteiger partial charge in [0.2, 0.25) is 0 Å². The molecular formula is C18H25N2+. The van der Waals surface area contributed by atoms with Gasteiger partial charge in [0.25, 0.3) is 0 Å². The highest BCUT2D eigenvalue weighted by molar-refractivity contribution is 5.42. The second kappa shape index (κ2) is 6.58. The van der Waals surface area contributed by atoms with E-state index in [1.54, 1.807) is 0 Å². The smallest absolute Gasteiger partial charge is 0.104 e. The van der Waals surface area contributed by atoms with Crippen LogP contribution in [0.1, 0.15) is 11.1 Å². The summed E-state index contributed by atoms with van der Waals surface area (Å²) < 4.78 is 0.989. The fourth-order valence-electron chi connectivity index (χ4n) is 2.33. The van der Waals surface area contributed by atoms with E-state index in [0.29, 0.717) is 0 Å². The van der Waals surface area contributed by atoms with Crippen molar-refractivity contribution in [2.75, 3.05) is 32.5 Å². The van der Waals surface area contributed by atoms with Crippen molar-refractivity contribution in [3.8, 4) is 0 Å². The Bertz CT molecular complexity index is 515. The number of likely N-dealkylation sites (N-methyl/N-ethyl adjacent to an activating group) is 1. The van der Waals surface area contributed by atoms with E-state index in [1.807, 2.05) is 6.07 Å². The van der Waals surface area contributed by atoms with E-state index < -0.39 is 0 Å². The highest BCUT2D eigenvalue weighted by atomic mass is 15.3. The van der Waals surface area contributed by atoms with Crippen molar-refractivity contribution in [1.29, 1.82) is 0 Å². The number of para-hydroxylation sites is 1. The Morgan fingerprint density at radius 1 is 0.900 bits per heavy atom. The van der Waals surface area contributed by atoms with Crippen LogP contribution in [0.3, 0.4) is 0 Å². The van der Waals surface area contributed by atoms with Crippen molar-refractivity contribution in [2.45, 2.75) is 13.5 Å². The molecule has 0 saturated carbocycles. The van der Waals surface area contributed by atoms with Gasteiger partial charge in [-0.3, -0.25) is 0 Å². The van der Waals surface area contributed by atoms with Crippen molar-refractivity contribution in [2.24, 2.45) is 0 Å². The summed E-state index contributed by atoms with van der Waals surface area (Å²) in [6.07, 6.45) is 0. The van der Waals surface area contributed by atoms with Crippen LogP contribution in [-0.4, -0.2) is 31.7 Å². The van der Waals surface area contributed by atoms with E-state index in [0.717, 1.165) is 24.1 Å². The van der Waals surface area contributed by atoms with E-state index in [4.69, 9.17) is 0 Å². The molecule has 0 unspecified atom stereocenters. The first-order valence-corrected chi connectivity index (χ1v) is 7.22. The van der Waals surface area contributed by atoms with Crippen LogP contribution in [-0.2, 0) is 6.54 Å². The fraction of sp³-hybridized carbons (Fsp3) is 0.333. The number of hydrogen-bond donors (Lipinski definition) is 1. The zero-order valence-electron chi connectivity index (χ0n) is 12.8. The molecule has 0 amide bonds. The van der Waals surface area contributed by atoms with Gasteiger partial charge in [-0.2, -0.15) is 0 Å². The maximum atomic E-state index is 3.48. The lowest BCUT2D eigenvalue weighted by Gasteiger charge is -2.30. The minimum Gasteiger partial charge on any atom is -0.379 e. The lowest BCUT2D eigenvalue weighted by molar-refractivity contribution is -0.902. The predicted octanol–water partition coefficient (Wildman–Crippen LogP) is 3.68. The van der Waals surface area contributed by atoms with Crippen molar-refractivity contribution in [3.05, 3.63) is 65.7 Å². The first-order valence-electron chi connectivity index (χ1n) is 7.22. The largest absolute Gasteiger partial charge is 0.379 e. The summed E-state index contributed by atoms with van der Waals surface area (Å²) in [4.78, 5) is 0. The Balaban J connectivity index is 1.83. The quantitative estimate of drug-likeness (QED) is 0.789. The summed E-state index contributed by atoms with van der Waals surface area (Å²) >= 11 is 0. The van der Waals surface area contributed by atoms with E-state index in [2.05, 4.69) is 74.9 Å². The highest BCUT2D eigenvalue weighted by Crippen LogP contribution is 2.11. The Labute approximate surface area is 122 Å². The highest BCUT2D eigenvalue weighted by Gasteiger charge is 2.15. The first kappa shape index (κ1) is 14.6. The van der Waals surface area contributed by atoms with E-state index in [9.17, 15) is 0 Å². The van der Waals surface area contributed by atoms with Crippen LogP contribution >= 0.6 is 0 Å². The van der Waals surface area contributed by atoms with Gasteiger partial charge in [-0.15, -0.1) is 0 Å². The van der Waals surface area contributed by atoms with E-state index in [1.165, 1.54) is 16.8 Å². The molecule has 20 heavy (non-hydrogen) atoms. The van der Waals surface area contributed by atoms with Crippen molar-refractivity contribution < 1.29 is 4.48 Å². The number of quaternary nitrogens is 1. The number of aryl methyl sites for hydroxylation is 1. The van der Waals surface area contributed by atoms with Gasteiger partial charge in [-0.05, 0) is 19.1 Å². The van der Waals surface area contributed by atoms with Crippen LogP contribution in [0, 0.1) is 6.92 Å². The summed E-state index contributed by atoms with van der Waals surface area (Å²) in [5.74, 6) is 0. The molecule has 0 saturated heterocycles. The van der Waals surface area contributed by atoms with Gasteiger partial charge in [-0.1, -0.05) is 48.0 Å². The van der Waals surface area contributed by atoms with Crippen molar-refractivity contribution >= 4 is 5.69 Å². The number of hydrogen-bond acceptors (Lipinski definition) is 1. The summed E-state index contributed by atoms with van der Waals surface area (Å²) in [6.45, 7) is 5.29. The molecule has 2 nitrogen and oxygen atoms in total. The molecule has 2 aromatic rings. The zero-order chi connectivity index (χ0) is 14.4. The van der Waals surface area contributed by atoms with Crippen LogP contribution < -0.4 is 5.32 Å². The Morgan fingerprint density at radius 2 is 1.55 bits per heavy atom. The molecule has 0 bridgehead atoms. The standard InChI is InChI=1S/C18H25N2/c1-16-9-11-17(12-10-16)15-20(2,3)14-13-19-18-7-5-4-6-8-18/h4-12,19H,13-15H2,1-3H3/q+1. The van der Waals surface area contributed by atoms with E-state index in [-0.39, 0.29) is 0 Å². The maximum Gasteiger partial charge on any atom is 0.104 e. The first-order chi connectivity index (χ1) is 9.55. The summed E-state index contributed by atoms with van der Waals surface area (Å²) in [6, 6.07) is 19.3. The monoisotopic (exact) mass is 269 g/mol. The molecule has 106 valence electrons. The molecule has 0 aliphatic rings. The normalized spacial score (nSPS) is 11.3. The van der Waals surface area contributed by atoms with Gasteiger partial charge in [0.15, 0.2) is 0 Å². The Kier molecular flexibility index (Phi) is 4.80. The Morgan fingerprint density at radius 3 is 2.20 bits per heavy atom. The minimum atomic E-state index is 0.989. The predicted molar refractivity (Wildman–Crippen MR) is 86.8 cm³/mol. The maximum absolute atomic E-state index is 3.48. The third-order valence-electron chi connectivity index (χ3n) is 3.55. The van der Waals surface area contributed by atoms with Crippen LogP contribution in [0.25, 0.3) is 0 Å². The lowest BCUT2D eigenvalue weighted by atomic mass is 10.1. The van der Waals surface area contributed by atoms with Gasteiger partial charge in [0, 0.05) is 11.3 Å². The number of nitrogens with one attached hydrogen (secondary N) is 1. The van der Waals surface area contributed by atoms with Crippen molar-refractivity contribution in [3.63, 3.8) is 0 Å². The molecule has 0 aliphatic carbocycles. The summed E-state index contributed by atoms with van der Waals surface area (Å²) in [5, 5.41) is 3.48. The molecule has 2 rings (SSSR count). The molecule has 0 aromatic heterocycles. The van der Waals surface area contributed by atoms with Gasteiger partial charge in [0.1, 0.15) is 6.54 Å². The minimum absolute atomic E-state index is 0.989. The molecule has 0 aliphatic heterocycles. The second-order valence-corrected chi connectivity index (χ2v) is 6.10. The topological polar surface area (TPSA) is 12.0 Å². The molecule has 0 atom stereocenters. The number of anilines is 1. The average Bonchev–Trinajstić information content (AvgIpc) is 2.42. The van der Waals surface area contributed by atoms with Crippen LogP contribution in [0.4, 0.5) is 5.69 Å². The molecule has 2 aromatic carbocycles. The number of benzene rings is 2.